The van der Waals surface area contributed by atoms with E-state index in [2.05, 4.69) is 13.8 Å². The Labute approximate surface area is 66.7 Å². The van der Waals surface area contributed by atoms with Crippen LogP contribution in [0.1, 0.15) is 19.6 Å². The Balaban J connectivity index is 2.90. The Kier molecular flexibility index (Phi) is 2.36. The van der Waals surface area contributed by atoms with Crippen LogP contribution in [0.5, 0.6) is 0 Å². The molecule has 2 N–H and O–H groups in total. The van der Waals surface area contributed by atoms with E-state index >= 15 is 0 Å². The van der Waals surface area contributed by atoms with Gasteiger partial charge in [-0.05, 0) is 18.1 Å². The summed E-state index contributed by atoms with van der Waals surface area (Å²) in [6.45, 7) is 4.17. The number of furan rings is 1. The lowest BCUT2D eigenvalue weighted by molar-refractivity contribution is 0.544. The molecule has 2 heteroatoms. The summed E-state index contributed by atoms with van der Waals surface area (Å²) < 4.78 is 5.20. The highest BCUT2D eigenvalue weighted by Crippen LogP contribution is 2.21. The van der Waals surface area contributed by atoms with E-state index in [-0.39, 0.29) is 0 Å². The van der Waals surface area contributed by atoms with Gasteiger partial charge in [0.2, 0.25) is 0 Å². The SMILES string of the molecule is CC(C)/C(=C\N)c1ccco1. The molecule has 0 aliphatic carbocycles. The van der Waals surface area contributed by atoms with Crippen molar-refractivity contribution in [3.63, 3.8) is 0 Å². The molecule has 0 aliphatic rings. The van der Waals surface area contributed by atoms with Crippen LogP contribution in [0.4, 0.5) is 0 Å². The molecule has 0 saturated carbocycles. The van der Waals surface area contributed by atoms with Crippen molar-refractivity contribution in [1.82, 2.24) is 0 Å². The fourth-order valence-electron chi connectivity index (χ4n) is 1.00. The number of hydrogen-bond donors (Lipinski definition) is 1. The van der Waals surface area contributed by atoms with Gasteiger partial charge < -0.3 is 10.2 Å². The van der Waals surface area contributed by atoms with E-state index in [0.29, 0.717) is 5.92 Å². The predicted octanol–water partition coefficient (Wildman–Crippen LogP) is 2.24. The minimum atomic E-state index is 0.408. The highest BCUT2D eigenvalue weighted by atomic mass is 16.3. The number of hydrogen-bond acceptors (Lipinski definition) is 2. The molecule has 0 amide bonds. The summed E-state index contributed by atoms with van der Waals surface area (Å²) in [5, 5.41) is 0. The van der Waals surface area contributed by atoms with Crippen molar-refractivity contribution in [3.8, 4) is 0 Å². The Hall–Kier alpha value is -1.18. The normalized spacial score (nSPS) is 12.5. The minimum Gasteiger partial charge on any atom is -0.465 e. The second-order valence-electron chi connectivity index (χ2n) is 2.75. The van der Waals surface area contributed by atoms with Gasteiger partial charge in [0.1, 0.15) is 5.76 Å². The van der Waals surface area contributed by atoms with Crippen LogP contribution in [-0.2, 0) is 0 Å². The van der Waals surface area contributed by atoms with Gasteiger partial charge in [0.25, 0.3) is 0 Å². The third-order valence-electron chi connectivity index (χ3n) is 1.61. The zero-order valence-corrected chi connectivity index (χ0v) is 6.87. The molecule has 0 bridgehead atoms. The Morgan fingerprint density at radius 3 is 2.73 bits per heavy atom. The molecule has 1 heterocycles. The van der Waals surface area contributed by atoms with Crippen LogP contribution in [0.25, 0.3) is 5.57 Å². The van der Waals surface area contributed by atoms with Crippen molar-refractivity contribution >= 4 is 5.57 Å². The summed E-state index contributed by atoms with van der Waals surface area (Å²) in [7, 11) is 0. The summed E-state index contributed by atoms with van der Waals surface area (Å²) in [6.07, 6.45) is 3.25. The second kappa shape index (κ2) is 3.28. The Morgan fingerprint density at radius 2 is 2.36 bits per heavy atom. The van der Waals surface area contributed by atoms with Crippen molar-refractivity contribution in [3.05, 3.63) is 30.4 Å². The molecule has 1 aromatic heterocycles. The topological polar surface area (TPSA) is 39.2 Å². The second-order valence-corrected chi connectivity index (χ2v) is 2.75. The van der Waals surface area contributed by atoms with E-state index in [9.17, 15) is 0 Å². The van der Waals surface area contributed by atoms with E-state index in [0.717, 1.165) is 11.3 Å². The number of rotatable bonds is 2. The van der Waals surface area contributed by atoms with Gasteiger partial charge in [-0.2, -0.15) is 0 Å². The van der Waals surface area contributed by atoms with E-state index in [4.69, 9.17) is 10.2 Å². The van der Waals surface area contributed by atoms with Gasteiger partial charge >= 0.3 is 0 Å². The lowest BCUT2D eigenvalue weighted by atomic mass is 10.0. The maximum atomic E-state index is 5.44. The molecule has 0 atom stereocenters. The first-order chi connectivity index (χ1) is 5.25. The standard InChI is InChI=1S/C9H13NO/c1-7(2)8(6-10)9-4-3-5-11-9/h3-7H,10H2,1-2H3/b8-6+. The first-order valence-corrected chi connectivity index (χ1v) is 3.71. The van der Waals surface area contributed by atoms with E-state index in [1.807, 2.05) is 12.1 Å². The van der Waals surface area contributed by atoms with Crippen molar-refractivity contribution in [1.29, 1.82) is 0 Å². The van der Waals surface area contributed by atoms with E-state index < -0.39 is 0 Å². The summed E-state index contributed by atoms with van der Waals surface area (Å²) in [5.41, 5.74) is 6.49. The monoisotopic (exact) mass is 151 g/mol. The summed E-state index contributed by atoms with van der Waals surface area (Å²) in [6, 6.07) is 3.78. The molecule has 0 radical (unpaired) electrons. The Bertz CT molecular complexity index is 234. The molecule has 0 saturated heterocycles. The van der Waals surface area contributed by atoms with Crippen molar-refractivity contribution in [2.45, 2.75) is 13.8 Å². The minimum absolute atomic E-state index is 0.408. The van der Waals surface area contributed by atoms with Gasteiger partial charge in [0.15, 0.2) is 0 Å². The van der Waals surface area contributed by atoms with Crippen LogP contribution >= 0.6 is 0 Å². The Morgan fingerprint density at radius 1 is 1.64 bits per heavy atom. The fraction of sp³-hybridized carbons (Fsp3) is 0.333. The predicted molar refractivity (Wildman–Crippen MR) is 45.7 cm³/mol. The zero-order valence-electron chi connectivity index (χ0n) is 6.87. The number of nitrogens with two attached hydrogens (primary N) is 1. The van der Waals surface area contributed by atoms with Crippen LogP contribution in [0.15, 0.2) is 29.0 Å². The van der Waals surface area contributed by atoms with Crippen LogP contribution in [0.2, 0.25) is 0 Å². The smallest absolute Gasteiger partial charge is 0.131 e. The average Bonchev–Trinajstić information content (AvgIpc) is 2.40. The quantitative estimate of drug-likeness (QED) is 0.704. The van der Waals surface area contributed by atoms with Gasteiger partial charge in [0, 0.05) is 11.8 Å². The number of allylic oxidation sites excluding steroid dienone is 1. The molecule has 0 unspecified atom stereocenters. The molecule has 0 aliphatic heterocycles. The molecule has 60 valence electrons. The molecule has 0 spiro atoms. The van der Waals surface area contributed by atoms with Crippen LogP contribution in [-0.4, -0.2) is 0 Å². The molecule has 1 rings (SSSR count). The molecular formula is C9H13NO. The van der Waals surface area contributed by atoms with Crippen molar-refractivity contribution < 1.29 is 4.42 Å². The van der Waals surface area contributed by atoms with E-state index in [1.54, 1.807) is 12.5 Å². The van der Waals surface area contributed by atoms with Gasteiger partial charge in [0.05, 0.1) is 6.26 Å². The first-order valence-electron chi connectivity index (χ1n) is 3.71. The van der Waals surface area contributed by atoms with Crippen LogP contribution in [0.3, 0.4) is 0 Å². The molecule has 11 heavy (non-hydrogen) atoms. The van der Waals surface area contributed by atoms with Crippen LogP contribution < -0.4 is 5.73 Å². The van der Waals surface area contributed by atoms with Gasteiger partial charge in [-0.15, -0.1) is 0 Å². The molecule has 2 nitrogen and oxygen atoms in total. The third kappa shape index (κ3) is 1.64. The van der Waals surface area contributed by atoms with Gasteiger partial charge in [-0.25, -0.2) is 0 Å². The summed E-state index contributed by atoms with van der Waals surface area (Å²) in [5.74, 6) is 1.27. The lowest BCUT2D eigenvalue weighted by Crippen LogP contribution is -1.95. The molecule has 0 fully saturated rings. The summed E-state index contributed by atoms with van der Waals surface area (Å²) in [4.78, 5) is 0. The van der Waals surface area contributed by atoms with Gasteiger partial charge in [-0.1, -0.05) is 13.8 Å². The highest BCUT2D eigenvalue weighted by molar-refractivity contribution is 5.62. The highest BCUT2D eigenvalue weighted by Gasteiger charge is 2.07. The largest absolute Gasteiger partial charge is 0.465 e. The first kappa shape index (κ1) is 7.92. The maximum Gasteiger partial charge on any atom is 0.131 e. The van der Waals surface area contributed by atoms with Crippen LogP contribution in [0, 0.1) is 5.92 Å². The molecule has 1 aromatic rings. The maximum absolute atomic E-state index is 5.44. The zero-order chi connectivity index (χ0) is 8.27. The average molecular weight is 151 g/mol. The third-order valence-corrected chi connectivity index (χ3v) is 1.61. The van der Waals surface area contributed by atoms with Crippen molar-refractivity contribution in [2.75, 3.05) is 0 Å². The fourth-order valence-corrected chi connectivity index (χ4v) is 1.00. The summed E-state index contributed by atoms with van der Waals surface area (Å²) >= 11 is 0. The van der Waals surface area contributed by atoms with Gasteiger partial charge in [-0.3, -0.25) is 0 Å². The molecular weight excluding hydrogens is 138 g/mol. The molecule has 0 aromatic carbocycles. The van der Waals surface area contributed by atoms with Crippen molar-refractivity contribution in [2.24, 2.45) is 11.7 Å². The lowest BCUT2D eigenvalue weighted by Gasteiger charge is -2.05. The van der Waals surface area contributed by atoms with E-state index in [1.165, 1.54) is 0 Å².